The fourth-order valence-electron chi connectivity index (χ4n) is 7.46. The topological polar surface area (TPSA) is 82.2 Å². The molecule has 1 fully saturated rings. The van der Waals surface area contributed by atoms with Crippen LogP contribution in [0.1, 0.15) is 194 Å². The highest BCUT2D eigenvalue weighted by atomic mass is 16.5. The Morgan fingerprint density at radius 2 is 1.03 bits per heavy atom. The number of rotatable bonds is 40. The lowest BCUT2D eigenvalue weighted by atomic mass is 10.0. The Bertz CT molecular complexity index is 1120. The highest BCUT2D eigenvalue weighted by Crippen LogP contribution is 2.13. The van der Waals surface area contributed by atoms with Crippen LogP contribution in [0, 0.1) is 0 Å². The smallest absolute Gasteiger partial charge is 0.328 e. The minimum atomic E-state index is -0.765. The van der Waals surface area contributed by atoms with Gasteiger partial charge in [-0.25, -0.2) is 4.79 Å². The van der Waals surface area contributed by atoms with Crippen LogP contribution in [0.4, 0.5) is 0 Å². The third kappa shape index (κ3) is 35.9. The van der Waals surface area contributed by atoms with Crippen LogP contribution < -0.4 is 5.32 Å². The number of carbonyl (C=O) groups excluding carboxylic acids is 3. The van der Waals surface area contributed by atoms with E-state index in [2.05, 4.69) is 96.6 Å². The Balaban J connectivity index is 2.35. The summed E-state index contributed by atoms with van der Waals surface area (Å²) in [7, 11) is 4.21. The van der Waals surface area contributed by atoms with Gasteiger partial charge < -0.3 is 15.0 Å². The number of esters is 1. The Morgan fingerprint density at radius 3 is 1.56 bits per heavy atom. The van der Waals surface area contributed by atoms with Crippen LogP contribution in [0.5, 0.6) is 0 Å². The molecule has 0 saturated carbocycles. The summed E-state index contributed by atoms with van der Waals surface area (Å²) < 4.78 is 5.68. The van der Waals surface area contributed by atoms with E-state index in [1.807, 2.05) is 0 Å². The highest BCUT2D eigenvalue weighted by Gasteiger charge is 2.23. The Labute approximate surface area is 364 Å². The van der Waals surface area contributed by atoms with E-state index >= 15 is 0 Å². The van der Waals surface area contributed by atoms with Crippen LogP contribution in [0.15, 0.2) is 48.6 Å². The van der Waals surface area contributed by atoms with Crippen molar-refractivity contribution in [2.45, 2.75) is 200 Å². The van der Waals surface area contributed by atoms with Crippen LogP contribution in [-0.2, 0) is 19.1 Å². The molecule has 1 saturated heterocycles. The maximum atomic E-state index is 13.2. The molecule has 1 rings (SSSR count). The van der Waals surface area contributed by atoms with Crippen molar-refractivity contribution in [1.82, 2.24) is 20.0 Å². The first-order chi connectivity index (χ1) is 28.8. The first-order valence-corrected chi connectivity index (χ1v) is 24.5. The van der Waals surface area contributed by atoms with Crippen LogP contribution in [0.2, 0.25) is 0 Å². The minimum Gasteiger partial charge on any atom is -0.464 e. The molecule has 1 atom stereocenters. The molecule has 59 heavy (non-hydrogen) atoms. The van der Waals surface area contributed by atoms with Gasteiger partial charge in [0.25, 0.3) is 0 Å². The zero-order valence-corrected chi connectivity index (χ0v) is 38.9. The molecule has 8 nitrogen and oxygen atoms in total. The average Bonchev–Trinajstić information content (AvgIpc) is 3.22. The van der Waals surface area contributed by atoms with E-state index in [-0.39, 0.29) is 18.1 Å². The van der Waals surface area contributed by atoms with E-state index in [1.165, 1.54) is 77.0 Å². The summed E-state index contributed by atoms with van der Waals surface area (Å²) in [5.41, 5.74) is 0. The van der Waals surface area contributed by atoms with Gasteiger partial charge in [0, 0.05) is 45.4 Å². The Hall–Kier alpha value is -2.55. The zero-order chi connectivity index (χ0) is 42.9. The molecule has 1 unspecified atom stereocenters. The van der Waals surface area contributed by atoms with Crippen molar-refractivity contribution in [2.75, 3.05) is 60.1 Å². The summed E-state index contributed by atoms with van der Waals surface area (Å²) in [6, 6.07) is -0.765. The first kappa shape index (κ1) is 54.5. The average molecular weight is 825 g/mol. The lowest BCUT2D eigenvalue weighted by molar-refractivity contribution is -0.148. The van der Waals surface area contributed by atoms with Gasteiger partial charge in [0.15, 0.2) is 0 Å². The van der Waals surface area contributed by atoms with Gasteiger partial charge in [0.2, 0.25) is 5.91 Å². The number of Topliss-reactive ketones (excluding diaryl/α,β-unsaturated/α-hetero) is 1. The summed E-state index contributed by atoms with van der Waals surface area (Å²) in [4.78, 5) is 46.2. The third-order valence-corrected chi connectivity index (χ3v) is 11.2. The monoisotopic (exact) mass is 825 g/mol. The highest BCUT2D eigenvalue weighted by molar-refractivity contribution is 5.85. The van der Waals surface area contributed by atoms with Crippen molar-refractivity contribution in [3.63, 3.8) is 0 Å². The largest absolute Gasteiger partial charge is 0.464 e. The van der Waals surface area contributed by atoms with Gasteiger partial charge in [-0.1, -0.05) is 133 Å². The van der Waals surface area contributed by atoms with Crippen LogP contribution >= 0.6 is 0 Å². The van der Waals surface area contributed by atoms with Gasteiger partial charge in [-0.2, -0.15) is 0 Å². The summed E-state index contributed by atoms with van der Waals surface area (Å²) in [6.07, 6.45) is 47.0. The van der Waals surface area contributed by atoms with Gasteiger partial charge in [0.05, 0.1) is 13.3 Å². The lowest BCUT2D eigenvalue weighted by Crippen LogP contribution is -2.49. The van der Waals surface area contributed by atoms with E-state index in [0.29, 0.717) is 25.9 Å². The number of nitrogens with one attached hydrogen (secondary N) is 1. The number of carbonyl (C=O) groups is 3. The van der Waals surface area contributed by atoms with Gasteiger partial charge >= 0.3 is 5.97 Å². The number of hydrogen-bond donors (Lipinski definition) is 1. The van der Waals surface area contributed by atoms with E-state index in [4.69, 9.17) is 4.74 Å². The minimum absolute atomic E-state index is 0.118. The molecule has 340 valence electrons. The van der Waals surface area contributed by atoms with E-state index in [1.54, 1.807) is 0 Å². The molecule has 0 aromatic rings. The first-order valence-electron chi connectivity index (χ1n) is 24.5. The maximum Gasteiger partial charge on any atom is 0.328 e. The number of allylic oxidation sites excluding steroid dienone is 8. The molecule has 1 aliphatic heterocycles. The number of unbranched alkanes of at least 4 members (excludes halogenated alkanes) is 17. The molecule has 0 aliphatic carbocycles. The lowest BCUT2D eigenvalue weighted by Gasteiger charge is -2.35. The normalized spacial score (nSPS) is 14.8. The fourth-order valence-corrected chi connectivity index (χ4v) is 7.46. The van der Waals surface area contributed by atoms with Crippen molar-refractivity contribution in [2.24, 2.45) is 0 Å². The van der Waals surface area contributed by atoms with Crippen LogP contribution in [-0.4, -0.2) is 98.5 Å². The molecule has 0 aromatic carbocycles. The predicted octanol–water partition coefficient (Wildman–Crippen LogP) is 11.9. The van der Waals surface area contributed by atoms with Crippen molar-refractivity contribution in [3.8, 4) is 0 Å². The van der Waals surface area contributed by atoms with Gasteiger partial charge in [-0.3, -0.25) is 19.4 Å². The van der Waals surface area contributed by atoms with Crippen molar-refractivity contribution in [1.29, 1.82) is 0 Å². The molecule has 1 N–H and O–H groups in total. The molecular weight excluding hydrogens is 733 g/mol. The van der Waals surface area contributed by atoms with Gasteiger partial charge in [0.1, 0.15) is 11.8 Å². The summed E-state index contributed by atoms with van der Waals surface area (Å²) in [6.45, 7) is 10.9. The standard InChI is InChI=1S/C51H92N4O4/c1-5-7-9-11-13-15-17-19-21-23-25-27-29-31-33-35-46-59-51(58)49(40-39-48(56)37-36-41-54-42-44-55(45-43-54)47-53(3)4)52-50(57)38-34-32-30-28-26-24-22-20-18-16-14-12-10-8-6-2/h13-16,19-22,49H,5-12,17-18,23-47H2,1-4H3,(H,52,57)/b15-13-,16-14-,21-19-,22-20-. The second-order valence-corrected chi connectivity index (χ2v) is 17.2. The van der Waals surface area contributed by atoms with E-state index in [0.717, 1.165) is 116 Å². The maximum absolute atomic E-state index is 13.2. The fraction of sp³-hybridized carbons (Fsp3) is 0.784. The molecule has 0 radical (unpaired) electrons. The van der Waals surface area contributed by atoms with E-state index < -0.39 is 12.0 Å². The predicted molar refractivity (Wildman–Crippen MR) is 252 cm³/mol. The molecule has 1 heterocycles. The van der Waals surface area contributed by atoms with E-state index in [9.17, 15) is 14.4 Å². The molecule has 0 aromatic heterocycles. The zero-order valence-electron chi connectivity index (χ0n) is 38.9. The molecule has 0 spiro atoms. The number of hydrogen-bond acceptors (Lipinski definition) is 7. The Morgan fingerprint density at radius 1 is 0.559 bits per heavy atom. The molecular formula is C51H92N4O4. The Kier molecular flexibility index (Phi) is 37.7. The third-order valence-electron chi connectivity index (χ3n) is 11.2. The molecule has 0 bridgehead atoms. The summed E-state index contributed by atoms with van der Waals surface area (Å²) >= 11 is 0. The number of piperazine rings is 1. The van der Waals surface area contributed by atoms with Crippen LogP contribution in [0.25, 0.3) is 0 Å². The number of ketones is 1. The van der Waals surface area contributed by atoms with Crippen LogP contribution in [0.3, 0.4) is 0 Å². The molecule has 8 heteroatoms. The van der Waals surface area contributed by atoms with Crippen molar-refractivity contribution in [3.05, 3.63) is 48.6 Å². The molecule has 1 amide bonds. The number of nitrogens with zero attached hydrogens (tertiary/aromatic N) is 3. The quantitative estimate of drug-likeness (QED) is 0.0374. The second-order valence-electron chi connectivity index (χ2n) is 17.2. The van der Waals surface area contributed by atoms with Crippen molar-refractivity contribution < 1.29 is 19.1 Å². The summed E-state index contributed by atoms with van der Waals surface area (Å²) in [5.74, 6) is -0.362. The number of ether oxygens (including phenoxy) is 1. The summed E-state index contributed by atoms with van der Waals surface area (Å²) in [5, 5.41) is 2.95. The second kappa shape index (κ2) is 40.8. The van der Waals surface area contributed by atoms with Gasteiger partial charge in [-0.05, 0) is 111 Å². The SMILES string of the molecule is CCCCC/C=C\C/C=C\CCCCCCCCOC(=O)C(CCC(=O)CCCN1CCN(CN(C)C)CC1)NC(=O)CCCCCCC/C=C\C/C=C\CCCCC. The van der Waals surface area contributed by atoms with Gasteiger partial charge in [-0.15, -0.1) is 0 Å². The van der Waals surface area contributed by atoms with Crippen molar-refractivity contribution >= 4 is 17.7 Å². The molecule has 1 aliphatic rings. The number of amides is 1.